The van der Waals surface area contributed by atoms with Crippen molar-refractivity contribution >= 4 is 0 Å². The van der Waals surface area contributed by atoms with Gasteiger partial charge in [0, 0.05) is 5.41 Å². The van der Waals surface area contributed by atoms with Gasteiger partial charge in [0.05, 0.1) is 6.20 Å². The van der Waals surface area contributed by atoms with Gasteiger partial charge in [0.15, 0.2) is 0 Å². The Bertz CT molecular complexity index is 546. The molecule has 5 rings (SSSR count). The van der Waals surface area contributed by atoms with Gasteiger partial charge < -0.3 is 9.52 Å². The van der Waals surface area contributed by atoms with Crippen molar-refractivity contribution in [2.75, 3.05) is 0 Å². The molecule has 4 heteroatoms. The number of oxazole rings is 1. The summed E-state index contributed by atoms with van der Waals surface area (Å²) in [6.45, 7) is 1.43. The first-order chi connectivity index (χ1) is 9.51. The molecule has 4 saturated carbocycles. The lowest BCUT2D eigenvalue weighted by Crippen LogP contribution is -2.48. The minimum atomic E-state index is -1.62. The molecular formula is C16H20N2O2. The van der Waals surface area contributed by atoms with Crippen molar-refractivity contribution in [3.63, 3.8) is 0 Å². The maximum atomic E-state index is 9.97. The van der Waals surface area contributed by atoms with E-state index < -0.39 is 5.60 Å². The number of aromatic nitrogens is 1. The Morgan fingerprint density at radius 2 is 1.85 bits per heavy atom. The second kappa shape index (κ2) is 3.85. The van der Waals surface area contributed by atoms with E-state index in [4.69, 9.17) is 9.68 Å². The number of rotatable bonds is 2. The highest BCUT2D eigenvalue weighted by Gasteiger charge is 2.53. The second-order valence-electron chi connectivity index (χ2n) is 7.41. The lowest BCUT2D eigenvalue weighted by atomic mass is 9.49. The molecule has 1 N–H and O–H groups in total. The molecule has 0 aliphatic heterocycles. The third-order valence-electron chi connectivity index (χ3n) is 5.70. The first kappa shape index (κ1) is 12.4. The van der Waals surface area contributed by atoms with E-state index in [9.17, 15) is 5.11 Å². The first-order valence-electron chi connectivity index (χ1n) is 7.61. The summed E-state index contributed by atoms with van der Waals surface area (Å²) < 4.78 is 5.84. The van der Waals surface area contributed by atoms with Gasteiger partial charge in [0.2, 0.25) is 11.5 Å². The van der Waals surface area contributed by atoms with Gasteiger partial charge in [-0.25, -0.2) is 4.98 Å². The van der Waals surface area contributed by atoms with Gasteiger partial charge in [0.25, 0.3) is 0 Å². The third-order valence-corrected chi connectivity index (χ3v) is 5.70. The van der Waals surface area contributed by atoms with Crippen molar-refractivity contribution in [2.24, 2.45) is 17.8 Å². The summed E-state index contributed by atoms with van der Waals surface area (Å²) in [4.78, 5) is 4.18. The number of nitriles is 1. The van der Waals surface area contributed by atoms with Gasteiger partial charge in [0.1, 0.15) is 11.8 Å². The third kappa shape index (κ3) is 1.66. The lowest BCUT2D eigenvalue weighted by Gasteiger charge is -2.55. The van der Waals surface area contributed by atoms with Crippen LogP contribution in [0, 0.1) is 29.1 Å². The van der Waals surface area contributed by atoms with Gasteiger partial charge in [-0.3, -0.25) is 0 Å². The van der Waals surface area contributed by atoms with E-state index in [2.05, 4.69) is 4.98 Å². The fourth-order valence-corrected chi connectivity index (χ4v) is 5.20. The minimum Gasteiger partial charge on any atom is -0.441 e. The average molecular weight is 272 g/mol. The number of hydrogen-bond acceptors (Lipinski definition) is 4. The maximum absolute atomic E-state index is 9.97. The molecule has 1 atom stereocenters. The molecule has 4 bridgehead atoms. The van der Waals surface area contributed by atoms with Crippen molar-refractivity contribution in [1.29, 1.82) is 5.26 Å². The van der Waals surface area contributed by atoms with Crippen LogP contribution in [0.2, 0.25) is 0 Å². The Balaban J connectivity index is 1.70. The molecule has 20 heavy (non-hydrogen) atoms. The highest BCUT2D eigenvalue weighted by Crippen LogP contribution is 2.60. The average Bonchev–Trinajstić information content (AvgIpc) is 2.88. The largest absolute Gasteiger partial charge is 0.441 e. The molecule has 1 unspecified atom stereocenters. The summed E-state index contributed by atoms with van der Waals surface area (Å²) in [5.41, 5.74) is -1.49. The molecule has 0 saturated heterocycles. The van der Waals surface area contributed by atoms with E-state index in [1.54, 1.807) is 6.20 Å². The Morgan fingerprint density at radius 3 is 2.35 bits per heavy atom. The molecule has 4 fully saturated rings. The Kier molecular flexibility index (Phi) is 2.39. The van der Waals surface area contributed by atoms with Crippen LogP contribution < -0.4 is 0 Å². The van der Waals surface area contributed by atoms with Crippen LogP contribution in [-0.4, -0.2) is 10.1 Å². The summed E-state index contributed by atoms with van der Waals surface area (Å²) in [6.07, 6.45) is 9.50. The quantitative estimate of drug-likeness (QED) is 0.840. The van der Waals surface area contributed by atoms with Crippen molar-refractivity contribution in [3.05, 3.63) is 17.8 Å². The van der Waals surface area contributed by atoms with Crippen LogP contribution in [-0.2, 0) is 11.0 Å². The van der Waals surface area contributed by atoms with Crippen LogP contribution in [0.15, 0.2) is 10.6 Å². The van der Waals surface area contributed by atoms with Crippen LogP contribution in [0.5, 0.6) is 0 Å². The Morgan fingerprint density at radius 1 is 1.30 bits per heavy atom. The number of nitrogens with zero attached hydrogens (tertiary/aromatic N) is 2. The van der Waals surface area contributed by atoms with E-state index in [0.717, 1.165) is 23.5 Å². The summed E-state index contributed by atoms with van der Waals surface area (Å²) in [5, 5.41) is 19.0. The summed E-state index contributed by atoms with van der Waals surface area (Å²) in [5.74, 6) is 3.57. The number of hydrogen-bond donors (Lipinski definition) is 1. The smallest absolute Gasteiger partial charge is 0.241 e. The SMILES string of the molecule is CC(O)(C#N)c1ncc(C23CC4CC(CC(C4)C2)C3)o1. The maximum Gasteiger partial charge on any atom is 0.241 e. The van der Waals surface area contributed by atoms with Gasteiger partial charge >= 0.3 is 0 Å². The molecule has 1 aromatic rings. The summed E-state index contributed by atoms with van der Waals surface area (Å²) in [7, 11) is 0. The van der Waals surface area contributed by atoms with Crippen LogP contribution in [0.25, 0.3) is 0 Å². The minimum absolute atomic E-state index is 0.130. The zero-order valence-corrected chi connectivity index (χ0v) is 11.8. The molecule has 1 heterocycles. The predicted octanol–water partition coefficient (Wildman–Crippen LogP) is 2.87. The van der Waals surface area contributed by atoms with Crippen LogP contribution >= 0.6 is 0 Å². The monoisotopic (exact) mass is 272 g/mol. The molecule has 0 spiro atoms. The highest BCUT2D eigenvalue weighted by molar-refractivity contribution is 5.21. The topological polar surface area (TPSA) is 70.0 Å². The number of aliphatic hydroxyl groups is 1. The molecular weight excluding hydrogens is 252 g/mol. The van der Waals surface area contributed by atoms with E-state index in [0.29, 0.717) is 0 Å². The van der Waals surface area contributed by atoms with Gasteiger partial charge in [-0.15, -0.1) is 0 Å². The van der Waals surface area contributed by atoms with E-state index >= 15 is 0 Å². The lowest BCUT2D eigenvalue weighted by molar-refractivity contribution is -0.0177. The summed E-state index contributed by atoms with van der Waals surface area (Å²) in [6, 6.07) is 1.84. The van der Waals surface area contributed by atoms with Gasteiger partial charge in [-0.1, -0.05) is 0 Å². The van der Waals surface area contributed by atoms with Crippen molar-refractivity contribution < 1.29 is 9.52 Å². The van der Waals surface area contributed by atoms with Gasteiger partial charge in [-0.05, 0) is 63.2 Å². The predicted molar refractivity (Wildman–Crippen MR) is 71.5 cm³/mol. The fraction of sp³-hybridized carbons (Fsp3) is 0.750. The molecule has 4 aliphatic carbocycles. The van der Waals surface area contributed by atoms with Crippen molar-refractivity contribution in [1.82, 2.24) is 4.98 Å². The normalized spacial score (nSPS) is 41.4. The van der Waals surface area contributed by atoms with E-state index in [1.807, 2.05) is 6.07 Å². The molecule has 0 amide bonds. The van der Waals surface area contributed by atoms with Gasteiger partial charge in [-0.2, -0.15) is 5.26 Å². The Hall–Kier alpha value is -1.34. The first-order valence-corrected chi connectivity index (χ1v) is 7.61. The Labute approximate surface area is 118 Å². The molecule has 0 radical (unpaired) electrons. The fourth-order valence-electron chi connectivity index (χ4n) is 5.20. The highest BCUT2D eigenvalue weighted by atomic mass is 16.4. The molecule has 4 nitrogen and oxygen atoms in total. The van der Waals surface area contributed by atoms with Crippen LogP contribution in [0.4, 0.5) is 0 Å². The second-order valence-corrected chi connectivity index (χ2v) is 7.41. The molecule has 4 aliphatic rings. The molecule has 1 aromatic heterocycles. The van der Waals surface area contributed by atoms with Crippen LogP contribution in [0.3, 0.4) is 0 Å². The standard InChI is InChI=1S/C16H20N2O2/c1-15(19,9-17)14-18-8-13(20-14)16-5-10-2-11(6-16)4-12(3-10)7-16/h8,10-12,19H,2-7H2,1H3. The zero-order chi connectivity index (χ0) is 14.0. The van der Waals surface area contributed by atoms with Crippen molar-refractivity contribution in [2.45, 2.75) is 56.5 Å². The summed E-state index contributed by atoms with van der Waals surface area (Å²) >= 11 is 0. The van der Waals surface area contributed by atoms with E-state index in [1.165, 1.54) is 45.4 Å². The van der Waals surface area contributed by atoms with Crippen LogP contribution in [0.1, 0.15) is 57.1 Å². The zero-order valence-electron chi connectivity index (χ0n) is 11.8. The molecule has 106 valence electrons. The molecule has 0 aromatic carbocycles. The van der Waals surface area contributed by atoms with E-state index in [-0.39, 0.29) is 11.3 Å². The van der Waals surface area contributed by atoms with Crippen molar-refractivity contribution in [3.8, 4) is 6.07 Å².